The average molecular weight is 419 g/mol. The Balaban J connectivity index is 2.13. The van der Waals surface area contributed by atoms with Crippen molar-refractivity contribution >= 4 is 21.4 Å². The van der Waals surface area contributed by atoms with Crippen LogP contribution in [0.15, 0.2) is 64.4 Å². The number of hydrogen-bond acceptors (Lipinski definition) is 5. The number of hydrogen-bond donors (Lipinski definition) is 0. The first-order valence-electron chi connectivity index (χ1n) is 8.63. The van der Waals surface area contributed by atoms with E-state index in [1.54, 1.807) is 36.4 Å². The summed E-state index contributed by atoms with van der Waals surface area (Å²) >= 11 is 6.03. The van der Waals surface area contributed by atoms with Gasteiger partial charge in [-0.2, -0.15) is 9.78 Å². The zero-order valence-electron chi connectivity index (χ0n) is 15.4. The molecule has 146 valence electrons. The molecule has 0 aliphatic carbocycles. The van der Waals surface area contributed by atoms with Crippen molar-refractivity contribution < 1.29 is 13.2 Å². The maximum absolute atomic E-state index is 13.0. The second-order valence-corrected chi connectivity index (χ2v) is 8.68. The van der Waals surface area contributed by atoms with Gasteiger partial charge in [0.15, 0.2) is 15.6 Å². The number of benzene rings is 2. The largest absolute Gasteiger partial charge is 0.487 e. The number of nitrogens with zero attached hydrogens (tertiary/aromatic N) is 2. The van der Waals surface area contributed by atoms with Crippen molar-refractivity contribution in [1.29, 1.82) is 0 Å². The van der Waals surface area contributed by atoms with Gasteiger partial charge in [-0.1, -0.05) is 36.7 Å². The monoisotopic (exact) mass is 418 g/mol. The molecule has 0 atom stereocenters. The summed E-state index contributed by atoms with van der Waals surface area (Å²) in [5.74, 6) is 0.156. The number of halogens is 1. The van der Waals surface area contributed by atoms with Crippen molar-refractivity contribution in [3.8, 4) is 22.6 Å². The highest BCUT2D eigenvalue weighted by Crippen LogP contribution is 2.28. The van der Waals surface area contributed by atoms with Crippen molar-refractivity contribution in [3.05, 3.63) is 70.1 Å². The quantitative estimate of drug-likeness (QED) is 0.609. The molecule has 1 aromatic heterocycles. The second-order valence-electron chi connectivity index (χ2n) is 6.23. The molecule has 0 radical (unpaired) electrons. The van der Waals surface area contributed by atoms with Gasteiger partial charge in [-0.15, -0.1) is 0 Å². The fraction of sp³-hybridized carbons (Fsp3) is 0.200. The van der Waals surface area contributed by atoms with Crippen LogP contribution in [0.25, 0.3) is 16.8 Å². The fourth-order valence-electron chi connectivity index (χ4n) is 2.66. The van der Waals surface area contributed by atoms with E-state index < -0.39 is 15.4 Å². The van der Waals surface area contributed by atoms with Crippen molar-refractivity contribution in [2.45, 2.75) is 18.2 Å². The maximum atomic E-state index is 13.0. The minimum Gasteiger partial charge on any atom is -0.487 e. The van der Waals surface area contributed by atoms with Crippen LogP contribution in [0.3, 0.4) is 0 Å². The van der Waals surface area contributed by atoms with E-state index in [2.05, 4.69) is 5.10 Å². The highest BCUT2D eigenvalue weighted by molar-refractivity contribution is 7.90. The van der Waals surface area contributed by atoms with Crippen LogP contribution in [0, 0.1) is 0 Å². The summed E-state index contributed by atoms with van der Waals surface area (Å²) in [5.41, 5.74) is 1.25. The molecule has 0 saturated heterocycles. The third-order valence-corrected chi connectivity index (χ3v) is 5.39. The lowest BCUT2D eigenvalue weighted by Crippen LogP contribution is -2.24. The standard InChI is InChI=1S/C20H19ClN2O4S/c1-3-11-27-19-18(14-7-9-17(10-8-14)28(2,25)26)13-22-23(20(19)24)16-6-4-5-15(21)12-16/h4-10,12-13H,3,11H2,1-2H3. The molecule has 3 aromatic rings. The van der Waals surface area contributed by atoms with Gasteiger partial charge in [0.25, 0.3) is 0 Å². The summed E-state index contributed by atoms with van der Waals surface area (Å²) in [5, 5.41) is 4.74. The van der Waals surface area contributed by atoms with Crippen LogP contribution in [0.2, 0.25) is 5.02 Å². The highest BCUT2D eigenvalue weighted by atomic mass is 35.5. The first kappa shape index (κ1) is 20.1. The van der Waals surface area contributed by atoms with Gasteiger partial charge >= 0.3 is 5.56 Å². The third-order valence-electron chi connectivity index (χ3n) is 4.03. The van der Waals surface area contributed by atoms with Crippen molar-refractivity contribution in [1.82, 2.24) is 9.78 Å². The van der Waals surface area contributed by atoms with E-state index in [9.17, 15) is 13.2 Å². The van der Waals surface area contributed by atoms with Crippen molar-refractivity contribution in [2.24, 2.45) is 0 Å². The minimum absolute atomic E-state index is 0.156. The van der Waals surface area contributed by atoms with Crippen LogP contribution in [-0.4, -0.2) is 31.1 Å². The molecule has 1 heterocycles. The number of sulfone groups is 1. The average Bonchev–Trinajstić information content (AvgIpc) is 2.66. The van der Waals surface area contributed by atoms with E-state index in [0.717, 1.165) is 12.7 Å². The first-order chi connectivity index (χ1) is 13.3. The van der Waals surface area contributed by atoms with E-state index in [-0.39, 0.29) is 10.6 Å². The van der Waals surface area contributed by atoms with Gasteiger partial charge in [0.2, 0.25) is 0 Å². The number of aromatic nitrogens is 2. The Labute approximate surface area is 168 Å². The van der Waals surface area contributed by atoms with Crippen LogP contribution in [0.1, 0.15) is 13.3 Å². The Morgan fingerprint density at radius 3 is 2.46 bits per heavy atom. The van der Waals surface area contributed by atoms with E-state index in [1.165, 1.54) is 23.0 Å². The smallest absolute Gasteiger partial charge is 0.314 e. The molecular formula is C20H19ClN2O4S. The predicted octanol–water partition coefficient (Wildman–Crippen LogP) is 3.75. The van der Waals surface area contributed by atoms with Crippen LogP contribution in [0.4, 0.5) is 0 Å². The Bertz CT molecular complexity index is 1160. The summed E-state index contributed by atoms with van der Waals surface area (Å²) in [6, 6.07) is 13.1. The molecule has 0 aliphatic rings. The number of rotatable bonds is 6. The Morgan fingerprint density at radius 2 is 1.86 bits per heavy atom. The molecular weight excluding hydrogens is 400 g/mol. The molecule has 2 aromatic carbocycles. The summed E-state index contributed by atoms with van der Waals surface area (Å²) in [6.45, 7) is 2.31. The van der Waals surface area contributed by atoms with Crippen LogP contribution < -0.4 is 10.3 Å². The van der Waals surface area contributed by atoms with Crippen LogP contribution in [-0.2, 0) is 9.84 Å². The Morgan fingerprint density at radius 1 is 1.14 bits per heavy atom. The Kier molecular flexibility index (Phi) is 5.86. The molecule has 0 fully saturated rings. The SMILES string of the molecule is CCCOc1c(-c2ccc(S(C)(=O)=O)cc2)cnn(-c2cccc(Cl)c2)c1=O. The molecule has 6 nitrogen and oxygen atoms in total. The van der Waals surface area contributed by atoms with Gasteiger partial charge in [-0.3, -0.25) is 4.79 Å². The molecule has 28 heavy (non-hydrogen) atoms. The van der Waals surface area contributed by atoms with Gasteiger partial charge in [0.1, 0.15) is 0 Å². The maximum Gasteiger partial charge on any atom is 0.314 e. The zero-order valence-corrected chi connectivity index (χ0v) is 17.0. The van der Waals surface area contributed by atoms with E-state index in [4.69, 9.17) is 16.3 Å². The lowest BCUT2D eigenvalue weighted by Gasteiger charge is -2.13. The molecule has 0 spiro atoms. The van der Waals surface area contributed by atoms with Crippen molar-refractivity contribution in [3.63, 3.8) is 0 Å². The van der Waals surface area contributed by atoms with Crippen LogP contribution in [0.5, 0.6) is 5.75 Å². The van der Waals surface area contributed by atoms with Gasteiger partial charge < -0.3 is 4.74 Å². The first-order valence-corrected chi connectivity index (χ1v) is 10.9. The number of ether oxygens (including phenoxy) is 1. The van der Waals surface area contributed by atoms with E-state index in [0.29, 0.717) is 28.4 Å². The van der Waals surface area contributed by atoms with E-state index >= 15 is 0 Å². The molecule has 0 bridgehead atoms. The summed E-state index contributed by atoms with van der Waals surface area (Å²) in [7, 11) is -3.31. The molecule has 3 rings (SSSR count). The summed E-state index contributed by atoms with van der Waals surface area (Å²) in [6.07, 6.45) is 3.40. The molecule has 0 aliphatic heterocycles. The minimum atomic E-state index is -3.31. The van der Waals surface area contributed by atoms with Crippen LogP contribution >= 0.6 is 11.6 Å². The molecule has 8 heteroatoms. The predicted molar refractivity (Wildman–Crippen MR) is 109 cm³/mol. The molecule has 0 saturated carbocycles. The third kappa shape index (κ3) is 4.26. The van der Waals surface area contributed by atoms with Gasteiger partial charge in [-0.05, 0) is 42.3 Å². The Hall–Kier alpha value is -2.64. The molecule has 0 N–H and O–H groups in total. The highest BCUT2D eigenvalue weighted by Gasteiger charge is 2.16. The van der Waals surface area contributed by atoms with Gasteiger partial charge in [-0.25, -0.2) is 8.42 Å². The molecule has 0 unspecified atom stereocenters. The summed E-state index contributed by atoms with van der Waals surface area (Å²) in [4.78, 5) is 13.2. The van der Waals surface area contributed by atoms with Gasteiger partial charge in [0, 0.05) is 16.8 Å². The normalized spacial score (nSPS) is 11.4. The second kappa shape index (κ2) is 8.16. The van der Waals surface area contributed by atoms with Gasteiger partial charge in [0.05, 0.1) is 23.4 Å². The topological polar surface area (TPSA) is 78.3 Å². The lowest BCUT2D eigenvalue weighted by molar-refractivity contribution is 0.312. The van der Waals surface area contributed by atoms with E-state index in [1.807, 2.05) is 6.92 Å². The fourth-order valence-corrected chi connectivity index (χ4v) is 3.48. The van der Waals surface area contributed by atoms with Crippen molar-refractivity contribution in [2.75, 3.05) is 12.9 Å². The lowest BCUT2D eigenvalue weighted by atomic mass is 10.1. The molecule has 0 amide bonds. The summed E-state index contributed by atoms with van der Waals surface area (Å²) < 4.78 is 30.3. The zero-order chi connectivity index (χ0) is 20.3.